The van der Waals surface area contributed by atoms with Gasteiger partial charge in [0.1, 0.15) is 5.60 Å². The maximum atomic E-state index is 12.1. The Morgan fingerprint density at radius 3 is 2.70 bits per heavy atom. The number of rotatable bonds is 4. The highest BCUT2D eigenvalue weighted by Gasteiger charge is 2.62. The van der Waals surface area contributed by atoms with E-state index in [4.69, 9.17) is 9.47 Å². The van der Waals surface area contributed by atoms with Crippen LogP contribution in [0.5, 0.6) is 0 Å². The number of ether oxygens (including phenoxy) is 2. The van der Waals surface area contributed by atoms with Crippen LogP contribution in [0.4, 0.5) is 0 Å². The van der Waals surface area contributed by atoms with Crippen LogP contribution in [0.2, 0.25) is 0 Å². The Morgan fingerprint density at radius 1 is 1.15 bits per heavy atom. The predicted molar refractivity (Wildman–Crippen MR) is 107 cm³/mol. The highest BCUT2D eigenvalue weighted by atomic mass is 16.6. The zero-order valence-electron chi connectivity index (χ0n) is 17.6. The second kappa shape index (κ2) is 6.97. The zero-order valence-corrected chi connectivity index (χ0v) is 17.6. The van der Waals surface area contributed by atoms with Gasteiger partial charge in [-0.3, -0.25) is 4.79 Å². The van der Waals surface area contributed by atoms with Crippen LogP contribution >= 0.6 is 0 Å². The van der Waals surface area contributed by atoms with Gasteiger partial charge in [0.25, 0.3) is 0 Å². The largest absolute Gasteiger partial charge is 0.498 e. The summed E-state index contributed by atoms with van der Waals surface area (Å²) in [4.78, 5) is 12.1. The molecule has 2 fully saturated rings. The Balaban J connectivity index is 1.57. The van der Waals surface area contributed by atoms with Crippen molar-refractivity contribution < 1.29 is 14.3 Å². The highest BCUT2D eigenvalue weighted by Crippen LogP contribution is 2.65. The molecule has 2 saturated carbocycles. The van der Waals surface area contributed by atoms with Gasteiger partial charge in [0, 0.05) is 18.3 Å². The van der Waals surface area contributed by atoms with Crippen molar-refractivity contribution in [2.24, 2.45) is 29.1 Å². The van der Waals surface area contributed by atoms with E-state index in [0.717, 1.165) is 31.3 Å². The molecule has 0 aliphatic heterocycles. The van der Waals surface area contributed by atoms with Crippen LogP contribution < -0.4 is 0 Å². The van der Waals surface area contributed by atoms with E-state index in [-0.39, 0.29) is 17.0 Å². The average molecular weight is 373 g/mol. The molecule has 150 valence electrons. The van der Waals surface area contributed by atoms with Crippen molar-refractivity contribution in [1.29, 1.82) is 0 Å². The first kappa shape index (κ1) is 19.1. The summed E-state index contributed by atoms with van der Waals surface area (Å²) in [7, 11) is 0. The van der Waals surface area contributed by atoms with Crippen LogP contribution in [0.25, 0.3) is 0 Å². The number of hydrogen-bond acceptors (Lipinski definition) is 3. The van der Waals surface area contributed by atoms with E-state index in [1.807, 2.05) is 6.92 Å². The normalized spacial score (nSPS) is 43.0. The lowest BCUT2D eigenvalue weighted by molar-refractivity contribution is -0.177. The van der Waals surface area contributed by atoms with Crippen molar-refractivity contribution in [2.45, 2.75) is 84.7 Å². The van der Waals surface area contributed by atoms with Gasteiger partial charge in [-0.15, -0.1) is 0 Å². The summed E-state index contributed by atoms with van der Waals surface area (Å²) in [5.41, 5.74) is 1.38. The number of allylic oxidation sites excluding steroid dienone is 4. The van der Waals surface area contributed by atoms with Crippen LogP contribution in [0.15, 0.2) is 23.5 Å². The zero-order chi connectivity index (χ0) is 19.2. The van der Waals surface area contributed by atoms with Crippen molar-refractivity contribution in [2.75, 3.05) is 6.61 Å². The van der Waals surface area contributed by atoms with Crippen molar-refractivity contribution >= 4 is 5.97 Å². The van der Waals surface area contributed by atoms with Gasteiger partial charge in [0.15, 0.2) is 0 Å². The molecule has 0 aromatic heterocycles. The summed E-state index contributed by atoms with van der Waals surface area (Å²) in [5, 5.41) is 0. The number of carbonyl (C=O) groups excluding carboxylic acids is 1. The van der Waals surface area contributed by atoms with E-state index in [0.29, 0.717) is 18.3 Å². The smallest absolute Gasteiger partial charge is 0.306 e. The van der Waals surface area contributed by atoms with Gasteiger partial charge in [-0.25, -0.2) is 0 Å². The van der Waals surface area contributed by atoms with E-state index in [9.17, 15) is 4.79 Å². The molecule has 0 N–H and O–H groups in total. The van der Waals surface area contributed by atoms with Crippen LogP contribution in [-0.4, -0.2) is 18.2 Å². The van der Waals surface area contributed by atoms with E-state index in [1.165, 1.54) is 43.4 Å². The van der Waals surface area contributed by atoms with Crippen LogP contribution in [0.1, 0.15) is 79.1 Å². The summed E-state index contributed by atoms with van der Waals surface area (Å²) in [6.07, 6.45) is 13.5. The molecule has 0 spiro atoms. The molecule has 27 heavy (non-hydrogen) atoms. The Kier molecular flexibility index (Phi) is 4.93. The van der Waals surface area contributed by atoms with E-state index < -0.39 is 0 Å². The van der Waals surface area contributed by atoms with Gasteiger partial charge in [-0.1, -0.05) is 19.9 Å². The molecule has 0 unspecified atom stereocenters. The minimum Gasteiger partial charge on any atom is -0.498 e. The molecule has 0 heterocycles. The molecule has 4 aliphatic rings. The van der Waals surface area contributed by atoms with Crippen molar-refractivity contribution in [3.63, 3.8) is 0 Å². The first-order valence-electron chi connectivity index (χ1n) is 11.2. The lowest BCUT2D eigenvalue weighted by Gasteiger charge is -2.55. The minimum absolute atomic E-state index is 0.0341. The van der Waals surface area contributed by atoms with Gasteiger partial charge >= 0.3 is 5.97 Å². The summed E-state index contributed by atoms with van der Waals surface area (Å²) in [6, 6.07) is 0. The van der Waals surface area contributed by atoms with Crippen LogP contribution in [-0.2, 0) is 14.3 Å². The molecule has 0 amide bonds. The van der Waals surface area contributed by atoms with Crippen molar-refractivity contribution in [3.8, 4) is 0 Å². The van der Waals surface area contributed by atoms with Gasteiger partial charge in [-0.05, 0) is 87.7 Å². The fraction of sp³-hybridized carbons (Fsp3) is 0.792. The molecule has 0 radical (unpaired) electrons. The van der Waals surface area contributed by atoms with Crippen molar-refractivity contribution in [3.05, 3.63) is 23.5 Å². The summed E-state index contributed by atoms with van der Waals surface area (Å²) >= 11 is 0. The maximum Gasteiger partial charge on any atom is 0.306 e. The first-order valence-corrected chi connectivity index (χ1v) is 11.2. The van der Waals surface area contributed by atoms with E-state index in [1.54, 1.807) is 0 Å². The predicted octanol–water partition coefficient (Wildman–Crippen LogP) is 5.80. The number of hydrogen-bond donors (Lipinski definition) is 0. The Bertz CT molecular complexity index is 663. The summed E-state index contributed by atoms with van der Waals surface area (Å²) in [5.74, 6) is 4.09. The molecule has 6 atom stereocenters. The molecule has 3 heteroatoms. The molecule has 0 saturated heterocycles. The van der Waals surface area contributed by atoms with E-state index in [2.05, 4.69) is 32.9 Å². The molecule has 4 rings (SSSR count). The monoisotopic (exact) mass is 372 g/mol. The van der Waals surface area contributed by atoms with Gasteiger partial charge in [0.2, 0.25) is 0 Å². The third kappa shape index (κ3) is 2.96. The molecular weight excluding hydrogens is 336 g/mol. The van der Waals surface area contributed by atoms with Crippen LogP contribution in [0, 0.1) is 29.1 Å². The Morgan fingerprint density at radius 2 is 1.96 bits per heavy atom. The third-order valence-electron chi connectivity index (χ3n) is 8.58. The fourth-order valence-electron chi connectivity index (χ4n) is 6.94. The molecule has 4 aliphatic carbocycles. The number of carbonyl (C=O) groups is 1. The topological polar surface area (TPSA) is 35.5 Å². The lowest BCUT2D eigenvalue weighted by Crippen LogP contribution is -2.52. The molecule has 0 aromatic carbocycles. The average Bonchev–Trinajstić information content (AvgIpc) is 2.92. The van der Waals surface area contributed by atoms with E-state index >= 15 is 0 Å². The first-order chi connectivity index (χ1) is 12.9. The molecule has 0 bridgehead atoms. The van der Waals surface area contributed by atoms with Gasteiger partial charge < -0.3 is 9.47 Å². The highest BCUT2D eigenvalue weighted by molar-refractivity contribution is 5.69. The Hall–Kier alpha value is -1.25. The quantitative estimate of drug-likeness (QED) is 0.585. The second-order valence-electron chi connectivity index (χ2n) is 9.62. The molecular formula is C24H36O3. The molecule has 0 aromatic rings. The van der Waals surface area contributed by atoms with Crippen molar-refractivity contribution in [1.82, 2.24) is 0 Å². The maximum absolute atomic E-state index is 12.1. The standard InChI is InChI=1S/C24H36O3/c1-5-22(25)27-24(4)14-12-21-20-9-7-16-15-17(26-6-2)8-10-18(16)19(20)11-13-23(21,24)3/h7,15,18-21H,5-6,8-14H2,1-4H3/t18-,19+,20+,21+,23+,24-/m0/s1. The van der Waals surface area contributed by atoms with Gasteiger partial charge in [-0.2, -0.15) is 0 Å². The third-order valence-corrected chi connectivity index (χ3v) is 8.58. The van der Waals surface area contributed by atoms with Crippen LogP contribution in [0.3, 0.4) is 0 Å². The summed E-state index contributed by atoms with van der Waals surface area (Å²) < 4.78 is 11.9. The SMILES string of the molecule is CCOC1=CC2=CC[C@@H]3[C@H](CC[C@]4(C)[C@@H]3CC[C@]4(C)OC(=O)CC)[C@H]2CC1. The molecule has 3 nitrogen and oxygen atoms in total. The second-order valence-corrected chi connectivity index (χ2v) is 9.62. The number of fused-ring (bicyclic) bond motifs is 5. The Labute approximate surface area is 164 Å². The van der Waals surface area contributed by atoms with Gasteiger partial charge in [0.05, 0.1) is 12.4 Å². The fourth-order valence-corrected chi connectivity index (χ4v) is 6.94. The minimum atomic E-state index is -0.283. The summed E-state index contributed by atoms with van der Waals surface area (Å²) in [6.45, 7) is 9.37. The number of esters is 1. The lowest BCUT2D eigenvalue weighted by atomic mass is 9.51.